The van der Waals surface area contributed by atoms with Crippen molar-refractivity contribution in [3.05, 3.63) is 108 Å². The van der Waals surface area contributed by atoms with E-state index in [2.05, 4.69) is 107 Å². The molecular weight excluding hydrogens is 304 g/mol. The Morgan fingerprint density at radius 1 is 0.640 bits per heavy atom. The maximum absolute atomic E-state index is 3.71. The highest BCUT2D eigenvalue weighted by Crippen LogP contribution is 2.40. The van der Waals surface area contributed by atoms with E-state index in [0.717, 1.165) is 5.69 Å². The number of para-hydroxylation sites is 2. The third-order valence-electron chi connectivity index (χ3n) is 4.85. The molecule has 0 saturated carbocycles. The second-order valence-electron chi connectivity index (χ2n) is 6.35. The van der Waals surface area contributed by atoms with Crippen molar-refractivity contribution < 1.29 is 0 Å². The lowest BCUT2D eigenvalue weighted by molar-refractivity contribution is 0.813. The molecule has 1 unspecified atom stereocenters. The molecule has 120 valence electrons. The number of nitrogens with one attached hydrogen (secondary N) is 1. The first kappa shape index (κ1) is 14.1. The molecule has 1 atom stereocenters. The first-order chi connectivity index (χ1) is 12.4. The monoisotopic (exact) mass is 322 g/mol. The summed E-state index contributed by atoms with van der Waals surface area (Å²) in [6.07, 6.45) is 0. The van der Waals surface area contributed by atoms with E-state index in [9.17, 15) is 0 Å². The number of anilines is 1. The second kappa shape index (κ2) is 5.67. The van der Waals surface area contributed by atoms with Crippen LogP contribution in [0.5, 0.6) is 0 Å². The van der Waals surface area contributed by atoms with Crippen LogP contribution in [0.1, 0.15) is 17.3 Å². The lowest BCUT2D eigenvalue weighted by atomic mass is 10.0. The van der Waals surface area contributed by atoms with Gasteiger partial charge in [-0.25, -0.2) is 0 Å². The van der Waals surface area contributed by atoms with E-state index >= 15 is 0 Å². The molecule has 0 spiro atoms. The molecule has 2 heteroatoms. The van der Waals surface area contributed by atoms with Crippen LogP contribution in [0, 0.1) is 0 Å². The van der Waals surface area contributed by atoms with Crippen molar-refractivity contribution in [3.8, 4) is 16.9 Å². The summed E-state index contributed by atoms with van der Waals surface area (Å²) in [5.41, 5.74) is 7.37. The summed E-state index contributed by atoms with van der Waals surface area (Å²) in [5, 5.41) is 3.71. The Bertz CT molecular complexity index is 1020. The average Bonchev–Trinajstić information content (AvgIpc) is 3.14. The topological polar surface area (TPSA) is 17.0 Å². The summed E-state index contributed by atoms with van der Waals surface area (Å²) in [5.74, 6) is 0. The van der Waals surface area contributed by atoms with Crippen LogP contribution in [0.3, 0.4) is 0 Å². The first-order valence-electron chi connectivity index (χ1n) is 8.60. The highest BCUT2D eigenvalue weighted by molar-refractivity contribution is 5.73. The first-order valence-corrected chi connectivity index (χ1v) is 8.60. The number of fused-ring (bicyclic) bond motifs is 3. The highest BCUT2D eigenvalue weighted by atomic mass is 15.1. The smallest absolute Gasteiger partial charge is 0.0924 e. The van der Waals surface area contributed by atoms with Crippen LogP contribution in [0.25, 0.3) is 16.9 Å². The average molecular weight is 322 g/mol. The van der Waals surface area contributed by atoms with Gasteiger partial charge in [0.05, 0.1) is 28.8 Å². The Morgan fingerprint density at radius 2 is 1.32 bits per heavy atom. The number of rotatable bonds is 2. The molecule has 1 N–H and O–H groups in total. The quantitative estimate of drug-likeness (QED) is 0.504. The lowest BCUT2D eigenvalue weighted by Crippen LogP contribution is -2.22. The Kier molecular flexibility index (Phi) is 3.20. The van der Waals surface area contributed by atoms with Crippen LogP contribution < -0.4 is 5.32 Å². The fraction of sp³-hybridized carbons (Fsp3) is 0.0435. The van der Waals surface area contributed by atoms with Gasteiger partial charge in [0.1, 0.15) is 0 Å². The van der Waals surface area contributed by atoms with Crippen LogP contribution in [-0.2, 0) is 0 Å². The van der Waals surface area contributed by atoms with Gasteiger partial charge in [0, 0.05) is 0 Å². The van der Waals surface area contributed by atoms with Crippen molar-refractivity contribution >= 4 is 5.69 Å². The van der Waals surface area contributed by atoms with Gasteiger partial charge in [-0.3, -0.25) is 0 Å². The van der Waals surface area contributed by atoms with Gasteiger partial charge in [-0.2, -0.15) is 0 Å². The molecule has 25 heavy (non-hydrogen) atoms. The van der Waals surface area contributed by atoms with E-state index in [1.54, 1.807) is 0 Å². The zero-order valence-corrected chi connectivity index (χ0v) is 13.8. The molecule has 5 rings (SSSR count). The predicted octanol–water partition coefficient (Wildman–Crippen LogP) is 5.66. The largest absolute Gasteiger partial charge is 0.371 e. The molecule has 1 aliphatic rings. The third-order valence-corrected chi connectivity index (χ3v) is 4.85. The van der Waals surface area contributed by atoms with Crippen LogP contribution in [0.2, 0.25) is 0 Å². The Labute approximate surface area is 147 Å². The van der Waals surface area contributed by atoms with Gasteiger partial charge in [-0.05, 0) is 35.4 Å². The molecule has 3 aromatic carbocycles. The molecule has 1 aromatic heterocycles. The number of benzene rings is 3. The molecule has 2 nitrogen and oxygen atoms in total. The van der Waals surface area contributed by atoms with Gasteiger partial charge >= 0.3 is 0 Å². The summed E-state index contributed by atoms with van der Waals surface area (Å²) in [7, 11) is 0. The molecule has 0 aliphatic carbocycles. The molecular formula is C23H18N2. The number of hydrogen-bond donors (Lipinski definition) is 1. The van der Waals surface area contributed by atoms with E-state index in [1.807, 2.05) is 0 Å². The van der Waals surface area contributed by atoms with E-state index in [1.165, 1.54) is 28.2 Å². The van der Waals surface area contributed by atoms with Gasteiger partial charge < -0.3 is 9.88 Å². The fourth-order valence-electron chi connectivity index (χ4n) is 3.70. The van der Waals surface area contributed by atoms with E-state index < -0.39 is 0 Å². The van der Waals surface area contributed by atoms with Crippen molar-refractivity contribution in [3.63, 3.8) is 0 Å². The minimum absolute atomic E-state index is 0.147. The minimum atomic E-state index is 0.147. The van der Waals surface area contributed by atoms with Gasteiger partial charge in [-0.1, -0.05) is 72.8 Å². The minimum Gasteiger partial charge on any atom is -0.371 e. The lowest BCUT2D eigenvalue weighted by Gasteiger charge is -2.31. The zero-order valence-electron chi connectivity index (χ0n) is 13.8. The molecule has 0 radical (unpaired) electrons. The van der Waals surface area contributed by atoms with Crippen molar-refractivity contribution in [1.29, 1.82) is 0 Å². The number of nitrogens with zero attached hydrogens (tertiary/aromatic N) is 1. The third kappa shape index (κ3) is 2.26. The van der Waals surface area contributed by atoms with Gasteiger partial charge in [0.25, 0.3) is 0 Å². The van der Waals surface area contributed by atoms with Gasteiger partial charge in [-0.15, -0.1) is 0 Å². The van der Waals surface area contributed by atoms with Crippen LogP contribution in [-0.4, -0.2) is 4.57 Å². The summed E-state index contributed by atoms with van der Waals surface area (Å²) in [4.78, 5) is 0. The molecule has 0 fully saturated rings. The number of hydrogen-bond acceptors (Lipinski definition) is 1. The van der Waals surface area contributed by atoms with Crippen LogP contribution >= 0.6 is 0 Å². The van der Waals surface area contributed by atoms with Crippen molar-refractivity contribution in [2.45, 2.75) is 6.04 Å². The van der Waals surface area contributed by atoms with Crippen molar-refractivity contribution in [2.75, 3.05) is 5.32 Å². The van der Waals surface area contributed by atoms with Gasteiger partial charge in [0.15, 0.2) is 0 Å². The molecule has 1 aliphatic heterocycles. The van der Waals surface area contributed by atoms with Crippen LogP contribution in [0.4, 0.5) is 5.69 Å². The summed E-state index contributed by atoms with van der Waals surface area (Å²) < 4.78 is 2.39. The Morgan fingerprint density at radius 3 is 2.12 bits per heavy atom. The Balaban J connectivity index is 1.76. The fourth-order valence-corrected chi connectivity index (χ4v) is 3.70. The zero-order chi connectivity index (χ0) is 16.6. The maximum atomic E-state index is 3.71. The Hall–Kier alpha value is -3.26. The normalized spacial score (nSPS) is 15.1. The summed E-state index contributed by atoms with van der Waals surface area (Å²) in [6, 6.07) is 34.4. The van der Waals surface area contributed by atoms with Crippen LogP contribution in [0.15, 0.2) is 97.1 Å². The highest BCUT2D eigenvalue weighted by Gasteiger charge is 2.27. The molecule has 4 aromatic rings. The molecule has 2 heterocycles. The predicted molar refractivity (Wildman–Crippen MR) is 103 cm³/mol. The summed E-state index contributed by atoms with van der Waals surface area (Å²) in [6.45, 7) is 0. The molecule has 0 amide bonds. The standard InChI is InChI=1S/C23H18N2/c1-3-9-17(10-4-1)20-15-16-22-23(18-11-5-2-6-12-18)24-19-13-7-8-14-21(19)25(20)22/h1-16,23-24H. The van der Waals surface area contributed by atoms with E-state index in [-0.39, 0.29) is 6.04 Å². The van der Waals surface area contributed by atoms with E-state index in [4.69, 9.17) is 0 Å². The summed E-state index contributed by atoms with van der Waals surface area (Å²) >= 11 is 0. The molecule has 0 bridgehead atoms. The van der Waals surface area contributed by atoms with E-state index in [0.29, 0.717) is 0 Å². The van der Waals surface area contributed by atoms with Crippen molar-refractivity contribution in [2.24, 2.45) is 0 Å². The number of aromatic nitrogens is 1. The van der Waals surface area contributed by atoms with Gasteiger partial charge in [0.2, 0.25) is 0 Å². The SMILES string of the molecule is c1ccc(-c2ccc3n2-c2ccccc2NC3c2ccccc2)cc1. The van der Waals surface area contributed by atoms with Crippen molar-refractivity contribution in [1.82, 2.24) is 4.57 Å². The maximum Gasteiger partial charge on any atom is 0.0924 e. The second-order valence-corrected chi connectivity index (χ2v) is 6.35. The molecule has 0 saturated heterocycles.